The summed E-state index contributed by atoms with van der Waals surface area (Å²) in [6.45, 7) is 11.0. The number of ketones is 1. The molecule has 0 fully saturated rings. The van der Waals surface area contributed by atoms with E-state index < -0.39 is 0 Å². The Morgan fingerprint density at radius 2 is 1.90 bits per heavy atom. The van der Waals surface area contributed by atoms with Crippen LogP contribution in [-0.4, -0.2) is 5.78 Å². The fourth-order valence-corrected chi connectivity index (χ4v) is 2.18. The van der Waals surface area contributed by atoms with Crippen LogP contribution in [0.3, 0.4) is 0 Å². The van der Waals surface area contributed by atoms with E-state index >= 15 is 0 Å². The van der Waals surface area contributed by atoms with Gasteiger partial charge in [0, 0.05) is 11.5 Å². The topological polar surface area (TPSA) is 21.4 Å². The Morgan fingerprint density at radius 1 is 1.20 bits per heavy atom. The van der Waals surface area contributed by atoms with Crippen LogP contribution in [0.1, 0.15) is 28.4 Å². The quantitative estimate of drug-likeness (QED) is 0.583. The second-order valence-electron chi connectivity index (χ2n) is 5.12. The van der Waals surface area contributed by atoms with E-state index in [9.17, 15) is 4.79 Å². The van der Waals surface area contributed by atoms with E-state index in [1.807, 2.05) is 13.8 Å². The van der Waals surface area contributed by atoms with Gasteiger partial charge >= 0.3 is 0 Å². The number of hydrogen-bond donors (Lipinski definition) is 0. The first kappa shape index (κ1) is 14.0. The zero-order valence-corrected chi connectivity index (χ0v) is 11.8. The molecule has 1 unspecified atom stereocenters. The summed E-state index contributed by atoms with van der Waals surface area (Å²) in [5.74, 6) is 0.00904. The molecule has 2 aromatic rings. The van der Waals surface area contributed by atoms with Gasteiger partial charge in [-0.25, -0.2) is 4.85 Å². The normalized spacial score (nSPS) is 11.7. The Bertz CT molecular complexity index is 650. The Morgan fingerprint density at radius 3 is 2.55 bits per heavy atom. The molecule has 0 spiro atoms. The number of carbonyl (C=O) groups is 1. The van der Waals surface area contributed by atoms with Crippen molar-refractivity contribution in [2.45, 2.75) is 20.3 Å². The van der Waals surface area contributed by atoms with Crippen molar-refractivity contribution in [1.82, 2.24) is 0 Å². The van der Waals surface area contributed by atoms with E-state index in [4.69, 9.17) is 6.57 Å². The van der Waals surface area contributed by atoms with E-state index in [0.717, 1.165) is 12.0 Å². The van der Waals surface area contributed by atoms with Crippen LogP contribution in [0.4, 0.5) is 5.69 Å². The molecule has 0 heterocycles. The summed E-state index contributed by atoms with van der Waals surface area (Å²) in [6, 6.07) is 15.2. The van der Waals surface area contributed by atoms with Crippen LogP contribution in [0, 0.1) is 19.4 Å². The minimum absolute atomic E-state index is 0.0845. The molecule has 20 heavy (non-hydrogen) atoms. The summed E-state index contributed by atoms with van der Waals surface area (Å²) in [6.07, 6.45) is 0.724. The van der Waals surface area contributed by atoms with Crippen molar-refractivity contribution in [2.75, 3.05) is 0 Å². The number of rotatable bonds is 4. The van der Waals surface area contributed by atoms with Gasteiger partial charge in [0.15, 0.2) is 11.5 Å². The van der Waals surface area contributed by atoms with Gasteiger partial charge in [-0.15, -0.1) is 0 Å². The van der Waals surface area contributed by atoms with Gasteiger partial charge < -0.3 is 0 Å². The smallest absolute Gasteiger partial charge is 0.187 e. The second kappa shape index (κ2) is 6.16. The molecule has 2 nitrogen and oxygen atoms in total. The van der Waals surface area contributed by atoms with E-state index in [0.29, 0.717) is 11.3 Å². The number of carbonyl (C=O) groups excluding carboxylic acids is 1. The number of aryl methyl sites for hydroxylation is 1. The van der Waals surface area contributed by atoms with Crippen LogP contribution in [-0.2, 0) is 6.42 Å². The summed E-state index contributed by atoms with van der Waals surface area (Å²) in [5, 5.41) is 0. The lowest BCUT2D eigenvalue weighted by atomic mass is 9.92. The van der Waals surface area contributed by atoms with E-state index in [-0.39, 0.29) is 11.7 Å². The molecule has 2 heteroatoms. The molecule has 0 aliphatic rings. The molecule has 1 atom stereocenters. The monoisotopic (exact) mass is 263 g/mol. The SMILES string of the molecule is [C-]#[N+]c1cccc(C(=O)C(C)Cc2ccc(C)cc2)c1. The van der Waals surface area contributed by atoms with Crippen molar-refractivity contribution < 1.29 is 4.79 Å². The summed E-state index contributed by atoms with van der Waals surface area (Å²) in [5.41, 5.74) is 3.52. The maximum Gasteiger partial charge on any atom is 0.187 e. The third-order valence-corrected chi connectivity index (χ3v) is 3.37. The molecule has 2 aromatic carbocycles. The molecule has 0 aromatic heterocycles. The fourth-order valence-electron chi connectivity index (χ4n) is 2.18. The zero-order chi connectivity index (χ0) is 14.5. The van der Waals surface area contributed by atoms with E-state index in [1.165, 1.54) is 5.56 Å². The van der Waals surface area contributed by atoms with Gasteiger partial charge in [0.1, 0.15) is 0 Å². The lowest BCUT2D eigenvalue weighted by Crippen LogP contribution is -2.13. The minimum atomic E-state index is -0.0845. The lowest BCUT2D eigenvalue weighted by Gasteiger charge is -2.11. The zero-order valence-electron chi connectivity index (χ0n) is 11.8. The molecule has 0 saturated heterocycles. The average molecular weight is 263 g/mol. The Labute approximate surface area is 119 Å². The molecular weight excluding hydrogens is 246 g/mol. The van der Waals surface area contributed by atoms with Crippen molar-refractivity contribution in [2.24, 2.45) is 5.92 Å². The summed E-state index contributed by atoms with van der Waals surface area (Å²) in [4.78, 5) is 15.7. The summed E-state index contributed by atoms with van der Waals surface area (Å²) in [7, 11) is 0. The molecule has 100 valence electrons. The summed E-state index contributed by atoms with van der Waals surface area (Å²) < 4.78 is 0. The van der Waals surface area contributed by atoms with Crippen LogP contribution in [0.25, 0.3) is 4.85 Å². The lowest BCUT2D eigenvalue weighted by molar-refractivity contribution is 0.0929. The molecule has 0 amide bonds. The van der Waals surface area contributed by atoms with E-state index in [2.05, 4.69) is 29.1 Å². The highest BCUT2D eigenvalue weighted by atomic mass is 16.1. The van der Waals surface area contributed by atoms with Gasteiger partial charge in [0.25, 0.3) is 0 Å². The maximum atomic E-state index is 12.4. The van der Waals surface area contributed by atoms with Gasteiger partial charge in [0.05, 0.1) is 6.57 Å². The largest absolute Gasteiger partial charge is 0.294 e. The first-order valence-electron chi connectivity index (χ1n) is 6.67. The first-order valence-corrected chi connectivity index (χ1v) is 6.67. The van der Waals surface area contributed by atoms with Crippen LogP contribution >= 0.6 is 0 Å². The fraction of sp³-hybridized carbons (Fsp3) is 0.222. The van der Waals surface area contributed by atoms with Crippen LogP contribution in [0.2, 0.25) is 0 Å². The molecule has 0 aliphatic heterocycles. The molecule has 2 rings (SSSR count). The van der Waals surface area contributed by atoms with Crippen molar-refractivity contribution in [3.8, 4) is 0 Å². The van der Waals surface area contributed by atoms with Crippen molar-refractivity contribution in [3.63, 3.8) is 0 Å². The predicted octanol–water partition coefficient (Wildman–Crippen LogP) is 4.61. The Kier molecular flexibility index (Phi) is 4.32. The van der Waals surface area contributed by atoms with Gasteiger partial charge in [0.2, 0.25) is 0 Å². The second-order valence-corrected chi connectivity index (χ2v) is 5.12. The predicted molar refractivity (Wildman–Crippen MR) is 81.1 cm³/mol. The van der Waals surface area contributed by atoms with Gasteiger partial charge in [-0.2, -0.15) is 0 Å². The maximum absolute atomic E-state index is 12.4. The standard InChI is InChI=1S/C18H17NO/c1-13-7-9-15(10-8-13)11-14(2)18(20)16-5-4-6-17(12-16)19-3/h4-10,12,14H,11H2,1-2H3. The van der Waals surface area contributed by atoms with Gasteiger partial charge in [-0.3, -0.25) is 4.79 Å². The Balaban J connectivity index is 2.12. The number of Topliss-reactive ketones (excluding diaryl/α,β-unsaturated/α-hetero) is 1. The summed E-state index contributed by atoms with van der Waals surface area (Å²) >= 11 is 0. The molecule has 0 saturated carbocycles. The van der Waals surface area contributed by atoms with Crippen molar-refractivity contribution in [1.29, 1.82) is 0 Å². The van der Waals surface area contributed by atoms with E-state index in [1.54, 1.807) is 24.3 Å². The number of nitrogens with zero attached hydrogens (tertiary/aromatic N) is 1. The average Bonchev–Trinajstić information content (AvgIpc) is 2.48. The van der Waals surface area contributed by atoms with Gasteiger partial charge in [-0.1, -0.05) is 55.0 Å². The highest BCUT2D eigenvalue weighted by Gasteiger charge is 2.15. The van der Waals surface area contributed by atoms with Gasteiger partial charge in [-0.05, 0) is 25.0 Å². The highest BCUT2D eigenvalue weighted by molar-refractivity contribution is 5.98. The Hall–Kier alpha value is -2.40. The molecular formula is C18H17NO. The van der Waals surface area contributed by atoms with Crippen LogP contribution in [0.15, 0.2) is 48.5 Å². The molecule has 0 aliphatic carbocycles. The van der Waals surface area contributed by atoms with Crippen LogP contribution in [0.5, 0.6) is 0 Å². The third kappa shape index (κ3) is 3.33. The van der Waals surface area contributed by atoms with Crippen LogP contribution < -0.4 is 0 Å². The molecule has 0 bridgehead atoms. The third-order valence-electron chi connectivity index (χ3n) is 3.37. The number of benzene rings is 2. The highest BCUT2D eigenvalue weighted by Crippen LogP contribution is 2.19. The number of hydrogen-bond acceptors (Lipinski definition) is 1. The first-order chi connectivity index (χ1) is 9.60. The molecule has 0 N–H and O–H groups in total. The minimum Gasteiger partial charge on any atom is -0.294 e. The van der Waals surface area contributed by atoms with Crippen molar-refractivity contribution in [3.05, 3.63) is 76.6 Å². The van der Waals surface area contributed by atoms with Crippen molar-refractivity contribution >= 4 is 11.5 Å². The molecule has 0 radical (unpaired) electrons.